The number of hydrogen-bond acceptors (Lipinski definition) is 5. The Morgan fingerprint density at radius 1 is 1.33 bits per heavy atom. The minimum atomic E-state index is -3.43. The van der Waals surface area contributed by atoms with Crippen molar-refractivity contribution in [1.82, 2.24) is 0 Å². The Hall–Kier alpha value is -1.41. The lowest BCUT2D eigenvalue weighted by Crippen LogP contribution is -2.22. The summed E-state index contributed by atoms with van der Waals surface area (Å²) >= 11 is 1.12. The zero-order chi connectivity index (χ0) is 14.1. The monoisotopic (exact) mass is 291 g/mol. The van der Waals surface area contributed by atoms with Crippen LogP contribution in [0, 0.1) is 13.8 Å². The fourth-order valence-electron chi connectivity index (χ4n) is 1.37. The first-order valence-corrected chi connectivity index (χ1v) is 7.80. The van der Waals surface area contributed by atoms with Gasteiger partial charge < -0.3 is 10.4 Å². The lowest BCUT2D eigenvalue weighted by molar-refractivity contribution is -0.113. The van der Waals surface area contributed by atoms with Crippen LogP contribution in [0.15, 0.2) is 0 Å². The normalized spacial score (nSPS) is 11.3. The number of aryl methyl sites for hydroxylation is 1. The van der Waals surface area contributed by atoms with Crippen LogP contribution in [0.25, 0.3) is 0 Å². The highest BCUT2D eigenvalue weighted by Gasteiger charge is 2.21. The highest BCUT2D eigenvalue weighted by Crippen LogP contribution is 2.32. The number of rotatable bonds is 4. The van der Waals surface area contributed by atoms with Crippen molar-refractivity contribution in [3.63, 3.8) is 0 Å². The molecule has 0 radical (unpaired) electrons. The number of aromatic carboxylic acids is 1. The Bertz CT molecular complexity index is 600. The zero-order valence-electron chi connectivity index (χ0n) is 10.1. The number of carboxylic acids is 1. The molecule has 8 heteroatoms. The number of anilines is 1. The molecule has 2 N–H and O–H groups in total. The second kappa shape index (κ2) is 5.07. The molecule has 0 aliphatic heterocycles. The molecular formula is C10H13NO5S2. The van der Waals surface area contributed by atoms with E-state index in [2.05, 4.69) is 5.32 Å². The molecule has 0 saturated carbocycles. The van der Waals surface area contributed by atoms with Gasteiger partial charge in [0.2, 0.25) is 5.91 Å². The molecular weight excluding hydrogens is 278 g/mol. The number of carbonyl (C=O) groups is 2. The Morgan fingerprint density at radius 3 is 2.33 bits per heavy atom. The summed E-state index contributed by atoms with van der Waals surface area (Å²) in [6.07, 6.45) is 0.940. The van der Waals surface area contributed by atoms with Gasteiger partial charge in [0.05, 0.1) is 5.56 Å². The van der Waals surface area contributed by atoms with Crippen LogP contribution in [0.5, 0.6) is 0 Å². The molecule has 0 saturated heterocycles. The number of carboxylic acid groups (broad SMARTS) is 1. The zero-order valence-corrected chi connectivity index (χ0v) is 11.7. The van der Waals surface area contributed by atoms with Gasteiger partial charge in [-0.15, -0.1) is 11.3 Å². The molecule has 0 atom stereocenters. The standard InChI is InChI=1S/C10H13NO5S2/c1-5-6(2)17-9(8(5)10(13)14)11-7(12)4-18(3,15)16/h4H2,1-3H3,(H,11,12)(H,13,14). The Morgan fingerprint density at radius 2 is 1.89 bits per heavy atom. The molecule has 1 amide bonds. The maximum absolute atomic E-state index is 11.4. The van der Waals surface area contributed by atoms with Crippen LogP contribution in [-0.4, -0.2) is 37.4 Å². The van der Waals surface area contributed by atoms with Crippen LogP contribution in [0.4, 0.5) is 5.00 Å². The van der Waals surface area contributed by atoms with Crippen molar-refractivity contribution < 1.29 is 23.1 Å². The van der Waals surface area contributed by atoms with E-state index in [-0.39, 0.29) is 10.6 Å². The molecule has 0 bridgehead atoms. The predicted octanol–water partition coefficient (Wildman–Crippen LogP) is 1.05. The number of nitrogens with one attached hydrogen (secondary N) is 1. The number of sulfone groups is 1. The molecule has 0 aromatic carbocycles. The predicted molar refractivity (Wildman–Crippen MR) is 69.1 cm³/mol. The molecule has 0 aliphatic carbocycles. The topological polar surface area (TPSA) is 101 Å². The second-order valence-corrected chi connectivity index (χ2v) is 7.28. The first-order chi connectivity index (χ1) is 8.11. The van der Waals surface area contributed by atoms with E-state index < -0.39 is 27.5 Å². The van der Waals surface area contributed by atoms with Gasteiger partial charge in [-0.3, -0.25) is 4.79 Å². The largest absolute Gasteiger partial charge is 0.478 e. The van der Waals surface area contributed by atoms with E-state index in [1.165, 1.54) is 0 Å². The maximum Gasteiger partial charge on any atom is 0.338 e. The molecule has 1 aromatic heterocycles. The van der Waals surface area contributed by atoms with Crippen molar-refractivity contribution in [3.05, 3.63) is 16.0 Å². The van der Waals surface area contributed by atoms with Crippen LogP contribution in [-0.2, 0) is 14.6 Å². The van der Waals surface area contributed by atoms with Crippen LogP contribution in [0.2, 0.25) is 0 Å². The van der Waals surface area contributed by atoms with Gasteiger partial charge in [-0.25, -0.2) is 13.2 Å². The van der Waals surface area contributed by atoms with Crippen LogP contribution in [0.1, 0.15) is 20.8 Å². The van der Waals surface area contributed by atoms with Crippen molar-refractivity contribution >= 4 is 38.1 Å². The molecule has 0 fully saturated rings. The minimum absolute atomic E-state index is 0.0133. The summed E-state index contributed by atoms with van der Waals surface area (Å²) < 4.78 is 21.9. The van der Waals surface area contributed by atoms with E-state index in [1.54, 1.807) is 13.8 Å². The quantitative estimate of drug-likeness (QED) is 0.863. The van der Waals surface area contributed by atoms with Crippen molar-refractivity contribution in [2.24, 2.45) is 0 Å². The summed E-state index contributed by atoms with van der Waals surface area (Å²) in [6, 6.07) is 0. The summed E-state index contributed by atoms with van der Waals surface area (Å²) in [7, 11) is -3.43. The molecule has 18 heavy (non-hydrogen) atoms. The summed E-state index contributed by atoms with van der Waals surface area (Å²) in [4.78, 5) is 23.3. The molecule has 100 valence electrons. The number of hydrogen-bond donors (Lipinski definition) is 2. The second-order valence-electron chi connectivity index (χ2n) is 3.91. The lowest BCUT2D eigenvalue weighted by atomic mass is 10.1. The van der Waals surface area contributed by atoms with Gasteiger partial charge in [-0.05, 0) is 19.4 Å². The van der Waals surface area contributed by atoms with E-state index in [1.807, 2.05) is 0 Å². The van der Waals surface area contributed by atoms with E-state index in [9.17, 15) is 18.0 Å². The summed E-state index contributed by atoms with van der Waals surface area (Å²) in [6.45, 7) is 3.38. The Labute approximate surface area is 109 Å². The number of carbonyl (C=O) groups excluding carboxylic acids is 1. The van der Waals surface area contributed by atoms with Gasteiger partial charge in [0.25, 0.3) is 0 Å². The van der Waals surface area contributed by atoms with Gasteiger partial charge in [-0.1, -0.05) is 0 Å². The SMILES string of the molecule is Cc1sc(NC(=O)CS(C)(=O)=O)c(C(=O)O)c1C. The minimum Gasteiger partial charge on any atom is -0.478 e. The van der Waals surface area contributed by atoms with Crippen LogP contribution < -0.4 is 5.32 Å². The maximum atomic E-state index is 11.4. The molecule has 1 rings (SSSR count). The summed E-state index contributed by atoms with van der Waals surface area (Å²) in [5, 5.41) is 11.5. The van der Waals surface area contributed by atoms with Crippen molar-refractivity contribution in [1.29, 1.82) is 0 Å². The van der Waals surface area contributed by atoms with E-state index in [4.69, 9.17) is 5.11 Å². The highest BCUT2D eigenvalue weighted by atomic mass is 32.2. The first-order valence-electron chi connectivity index (χ1n) is 4.92. The smallest absolute Gasteiger partial charge is 0.338 e. The third kappa shape index (κ3) is 3.54. The third-order valence-corrected chi connectivity index (χ3v) is 4.15. The van der Waals surface area contributed by atoms with Crippen LogP contribution in [0.3, 0.4) is 0 Å². The highest BCUT2D eigenvalue weighted by molar-refractivity contribution is 7.91. The number of amides is 1. The average Bonchev–Trinajstić information content (AvgIpc) is 2.38. The molecule has 0 unspecified atom stereocenters. The fraction of sp³-hybridized carbons (Fsp3) is 0.400. The molecule has 1 heterocycles. The number of thiophene rings is 1. The van der Waals surface area contributed by atoms with Crippen molar-refractivity contribution in [3.8, 4) is 0 Å². The Balaban J connectivity index is 3.02. The fourth-order valence-corrected chi connectivity index (χ4v) is 2.99. The van der Waals surface area contributed by atoms with E-state index >= 15 is 0 Å². The van der Waals surface area contributed by atoms with E-state index in [0.29, 0.717) is 5.56 Å². The van der Waals surface area contributed by atoms with Gasteiger partial charge in [0, 0.05) is 11.1 Å². The van der Waals surface area contributed by atoms with Crippen LogP contribution >= 0.6 is 11.3 Å². The summed E-state index contributed by atoms with van der Waals surface area (Å²) in [5.74, 6) is -2.55. The van der Waals surface area contributed by atoms with Crippen molar-refractivity contribution in [2.75, 3.05) is 17.3 Å². The molecule has 0 aliphatic rings. The van der Waals surface area contributed by atoms with E-state index in [0.717, 1.165) is 22.5 Å². The molecule has 6 nitrogen and oxygen atoms in total. The third-order valence-electron chi connectivity index (χ3n) is 2.25. The molecule has 1 aromatic rings. The van der Waals surface area contributed by atoms with Gasteiger partial charge >= 0.3 is 5.97 Å². The van der Waals surface area contributed by atoms with Gasteiger partial charge in [0.1, 0.15) is 10.8 Å². The average molecular weight is 291 g/mol. The lowest BCUT2D eigenvalue weighted by Gasteiger charge is -2.03. The summed E-state index contributed by atoms with van der Waals surface area (Å²) in [5.41, 5.74) is 0.585. The Kier molecular flexibility index (Phi) is 4.12. The first kappa shape index (κ1) is 14.7. The van der Waals surface area contributed by atoms with Crippen molar-refractivity contribution in [2.45, 2.75) is 13.8 Å². The van der Waals surface area contributed by atoms with Gasteiger partial charge in [-0.2, -0.15) is 0 Å². The molecule has 0 spiro atoms. The van der Waals surface area contributed by atoms with Gasteiger partial charge in [0.15, 0.2) is 9.84 Å².